The molecule has 2 amide bonds. The zero-order chi connectivity index (χ0) is 22.3. The maximum Gasteiger partial charge on any atom is 0.311 e. The smallest absolute Gasteiger partial charge is 0.311 e. The van der Waals surface area contributed by atoms with Crippen LogP contribution in [0.4, 0.5) is 5.69 Å². The van der Waals surface area contributed by atoms with Crippen LogP contribution < -0.4 is 5.32 Å². The lowest BCUT2D eigenvalue weighted by Gasteiger charge is -2.39. The Morgan fingerprint density at radius 2 is 1.94 bits per heavy atom. The first kappa shape index (κ1) is 21.5. The predicted molar refractivity (Wildman–Crippen MR) is 115 cm³/mol. The Morgan fingerprint density at radius 3 is 2.71 bits per heavy atom. The Balaban J connectivity index is 1.34. The van der Waals surface area contributed by atoms with Crippen LogP contribution in [0.2, 0.25) is 0 Å². The van der Waals surface area contributed by atoms with E-state index in [0.717, 1.165) is 18.4 Å². The molecule has 1 saturated heterocycles. The molecule has 0 radical (unpaired) electrons. The van der Waals surface area contributed by atoms with Crippen molar-refractivity contribution in [3.8, 4) is 0 Å². The van der Waals surface area contributed by atoms with Crippen LogP contribution in [0.15, 0.2) is 18.2 Å². The number of carbonyl (C=O) groups excluding carboxylic acids is 4. The third-order valence-electron chi connectivity index (χ3n) is 7.39. The standard InChI is InChI=1S/C24H30N2O5/c1-13-5-4-6-20(14(13)2)26-11-17(10-22(26)28)24(30)31-12-21(27)16-7-8-19-18(9-16)15(3)23(29)25-19/h7-9,13-15,17,20H,4-6,10-12H2,1-3H3,(H,25,29)/t13-,14+,15-,17+,20+/m0/s1. The van der Waals surface area contributed by atoms with Gasteiger partial charge in [-0.1, -0.05) is 26.7 Å². The molecule has 0 aromatic heterocycles. The number of amides is 2. The molecule has 3 aliphatic rings. The lowest BCUT2D eigenvalue weighted by molar-refractivity contribution is -0.147. The molecule has 166 valence electrons. The van der Waals surface area contributed by atoms with E-state index < -0.39 is 11.9 Å². The summed E-state index contributed by atoms with van der Waals surface area (Å²) in [6, 6.07) is 5.19. The summed E-state index contributed by atoms with van der Waals surface area (Å²) >= 11 is 0. The van der Waals surface area contributed by atoms with Gasteiger partial charge in [0, 0.05) is 30.3 Å². The highest BCUT2D eigenvalue weighted by molar-refractivity contribution is 6.05. The molecule has 0 spiro atoms. The van der Waals surface area contributed by atoms with Gasteiger partial charge in [0.1, 0.15) is 0 Å². The summed E-state index contributed by atoms with van der Waals surface area (Å²) in [6.07, 6.45) is 3.41. The van der Waals surface area contributed by atoms with Gasteiger partial charge in [0.25, 0.3) is 0 Å². The fraction of sp³-hybridized carbons (Fsp3) is 0.583. The molecule has 7 nitrogen and oxygen atoms in total. The number of esters is 1. The van der Waals surface area contributed by atoms with E-state index in [-0.39, 0.29) is 42.6 Å². The summed E-state index contributed by atoms with van der Waals surface area (Å²) in [4.78, 5) is 51.3. The van der Waals surface area contributed by atoms with Gasteiger partial charge >= 0.3 is 5.97 Å². The van der Waals surface area contributed by atoms with Gasteiger partial charge in [0.15, 0.2) is 12.4 Å². The van der Waals surface area contributed by atoms with Crippen molar-refractivity contribution in [2.24, 2.45) is 17.8 Å². The fourth-order valence-corrected chi connectivity index (χ4v) is 5.13. The van der Waals surface area contributed by atoms with Crippen LogP contribution in [-0.2, 0) is 19.1 Å². The molecular formula is C24H30N2O5. The summed E-state index contributed by atoms with van der Waals surface area (Å²) in [6.45, 7) is 6.20. The first-order valence-electron chi connectivity index (χ1n) is 11.2. The lowest BCUT2D eigenvalue weighted by atomic mass is 9.77. The zero-order valence-corrected chi connectivity index (χ0v) is 18.3. The largest absolute Gasteiger partial charge is 0.457 e. The number of benzene rings is 1. The number of hydrogen-bond donors (Lipinski definition) is 1. The first-order valence-corrected chi connectivity index (χ1v) is 11.2. The van der Waals surface area contributed by atoms with Crippen molar-refractivity contribution in [1.29, 1.82) is 0 Å². The number of carbonyl (C=O) groups is 4. The zero-order valence-electron chi connectivity index (χ0n) is 18.3. The normalized spacial score (nSPS) is 30.2. The maximum atomic E-state index is 12.6. The van der Waals surface area contributed by atoms with Gasteiger partial charge in [-0.15, -0.1) is 0 Å². The van der Waals surface area contributed by atoms with E-state index in [0.29, 0.717) is 29.6 Å². The minimum atomic E-state index is -0.522. The van der Waals surface area contributed by atoms with Gasteiger partial charge in [0.05, 0.1) is 11.8 Å². The summed E-state index contributed by atoms with van der Waals surface area (Å²) in [5, 5.41) is 2.77. The lowest BCUT2D eigenvalue weighted by Crippen LogP contribution is -2.45. The molecule has 1 N–H and O–H groups in total. The summed E-state index contributed by atoms with van der Waals surface area (Å²) in [5.41, 5.74) is 1.89. The summed E-state index contributed by atoms with van der Waals surface area (Å²) in [7, 11) is 0. The van der Waals surface area contributed by atoms with E-state index >= 15 is 0 Å². The molecule has 2 heterocycles. The van der Waals surface area contributed by atoms with E-state index in [2.05, 4.69) is 19.2 Å². The van der Waals surface area contributed by atoms with Crippen molar-refractivity contribution in [3.63, 3.8) is 0 Å². The van der Waals surface area contributed by atoms with Crippen molar-refractivity contribution in [1.82, 2.24) is 4.90 Å². The highest BCUT2D eigenvalue weighted by atomic mass is 16.5. The van der Waals surface area contributed by atoms with Crippen LogP contribution in [-0.4, -0.2) is 47.7 Å². The number of nitrogens with zero attached hydrogens (tertiary/aromatic N) is 1. The number of ketones is 1. The third kappa shape index (κ3) is 4.10. The van der Waals surface area contributed by atoms with E-state index in [4.69, 9.17) is 4.74 Å². The van der Waals surface area contributed by atoms with E-state index in [1.165, 1.54) is 6.42 Å². The van der Waals surface area contributed by atoms with Gasteiger partial charge in [0.2, 0.25) is 11.8 Å². The summed E-state index contributed by atoms with van der Waals surface area (Å²) in [5.74, 6) is -0.761. The molecule has 5 atom stereocenters. The van der Waals surface area contributed by atoms with Crippen LogP contribution in [0.25, 0.3) is 0 Å². The van der Waals surface area contributed by atoms with Crippen LogP contribution >= 0.6 is 0 Å². The van der Waals surface area contributed by atoms with E-state index in [9.17, 15) is 19.2 Å². The van der Waals surface area contributed by atoms with Crippen molar-refractivity contribution < 1.29 is 23.9 Å². The van der Waals surface area contributed by atoms with Gasteiger partial charge in [-0.05, 0) is 48.9 Å². The number of anilines is 1. The molecule has 4 rings (SSSR count). The molecule has 1 saturated carbocycles. The van der Waals surface area contributed by atoms with Crippen LogP contribution in [0.1, 0.15) is 68.3 Å². The number of Topliss-reactive ketones (excluding diaryl/α,β-unsaturated/α-hetero) is 1. The Morgan fingerprint density at radius 1 is 1.16 bits per heavy atom. The molecule has 1 aromatic carbocycles. The Bertz CT molecular complexity index is 927. The average molecular weight is 427 g/mol. The van der Waals surface area contributed by atoms with Crippen LogP contribution in [0.3, 0.4) is 0 Å². The molecule has 2 aliphatic heterocycles. The molecule has 2 fully saturated rings. The molecule has 7 heteroatoms. The van der Waals surface area contributed by atoms with Crippen molar-refractivity contribution in [2.75, 3.05) is 18.5 Å². The second-order valence-corrected chi connectivity index (χ2v) is 9.33. The fourth-order valence-electron chi connectivity index (χ4n) is 5.13. The predicted octanol–water partition coefficient (Wildman–Crippen LogP) is 3.14. The van der Waals surface area contributed by atoms with Gasteiger partial charge in [-0.3, -0.25) is 19.2 Å². The topological polar surface area (TPSA) is 92.8 Å². The molecular weight excluding hydrogens is 396 g/mol. The van der Waals surface area contributed by atoms with Crippen molar-refractivity contribution >= 4 is 29.3 Å². The number of hydrogen-bond acceptors (Lipinski definition) is 5. The van der Waals surface area contributed by atoms with Gasteiger partial charge in [-0.25, -0.2) is 0 Å². The highest BCUT2D eigenvalue weighted by Crippen LogP contribution is 2.36. The third-order valence-corrected chi connectivity index (χ3v) is 7.39. The van der Waals surface area contributed by atoms with Gasteiger partial charge in [-0.2, -0.15) is 0 Å². The minimum absolute atomic E-state index is 0.00371. The quantitative estimate of drug-likeness (QED) is 0.577. The van der Waals surface area contributed by atoms with Crippen LogP contribution in [0.5, 0.6) is 0 Å². The van der Waals surface area contributed by atoms with E-state index in [1.807, 2.05) is 4.90 Å². The van der Waals surface area contributed by atoms with Gasteiger partial charge < -0.3 is 15.0 Å². The minimum Gasteiger partial charge on any atom is -0.457 e. The molecule has 1 aliphatic carbocycles. The number of likely N-dealkylation sites (tertiary alicyclic amines) is 1. The first-order chi connectivity index (χ1) is 14.8. The average Bonchev–Trinajstić information content (AvgIpc) is 3.27. The van der Waals surface area contributed by atoms with Crippen molar-refractivity contribution in [3.05, 3.63) is 29.3 Å². The maximum absolute atomic E-state index is 12.6. The number of ether oxygens (including phenoxy) is 1. The second-order valence-electron chi connectivity index (χ2n) is 9.33. The molecule has 1 aromatic rings. The monoisotopic (exact) mass is 426 g/mol. The van der Waals surface area contributed by atoms with E-state index in [1.54, 1.807) is 25.1 Å². The molecule has 0 unspecified atom stereocenters. The summed E-state index contributed by atoms with van der Waals surface area (Å²) < 4.78 is 5.29. The second kappa shape index (κ2) is 8.44. The van der Waals surface area contributed by atoms with Crippen LogP contribution in [0, 0.1) is 17.8 Å². The number of fused-ring (bicyclic) bond motifs is 1. The number of nitrogens with one attached hydrogen (secondary N) is 1. The Kier molecular flexibility index (Phi) is 5.86. The molecule has 0 bridgehead atoms. The SMILES string of the molecule is C[C@H]1[C@H](N2C[C@H](C(=O)OCC(=O)c3ccc4c(c3)[C@H](C)C(=O)N4)CC2=O)CCC[C@@H]1C. The van der Waals surface area contributed by atoms with Crippen molar-refractivity contribution in [2.45, 2.75) is 58.4 Å². The highest BCUT2D eigenvalue weighted by Gasteiger charge is 2.42. The number of rotatable bonds is 5. The molecule has 31 heavy (non-hydrogen) atoms. The Labute approximate surface area is 182 Å². The Hall–Kier alpha value is -2.70.